The number of nitrogens with zero attached hydrogens (tertiary/aromatic N) is 1. The van der Waals surface area contributed by atoms with Crippen molar-refractivity contribution in [2.45, 2.75) is 36.6 Å². The second-order valence-corrected chi connectivity index (χ2v) is 7.17. The molecule has 2 nitrogen and oxygen atoms in total. The lowest BCUT2D eigenvalue weighted by atomic mass is 10.2. The van der Waals surface area contributed by atoms with E-state index in [-0.39, 0.29) is 0 Å². The van der Waals surface area contributed by atoms with Crippen LogP contribution in [0.4, 0.5) is 5.69 Å². The van der Waals surface area contributed by atoms with Gasteiger partial charge in [-0.2, -0.15) is 0 Å². The van der Waals surface area contributed by atoms with Gasteiger partial charge in [-0.15, -0.1) is 0 Å². The van der Waals surface area contributed by atoms with E-state index in [0.29, 0.717) is 6.04 Å². The number of benzene rings is 2. The first kappa shape index (κ1) is 15.4. The van der Waals surface area contributed by atoms with Crippen LogP contribution in [-0.4, -0.2) is 25.7 Å². The Labute approximate surface area is 137 Å². The number of rotatable bonds is 3. The minimum absolute atomic E-state index is 0.537. The number of nitrogens with one attached hydrogen (secondary N) is 1. The third kappa shape index (κ3) is 3.31. The summed E-state index contributed by atoms with van der Waals surface area (Å²) in [4.78, 5) is 5.23. The molecule has 0 radical (unpaired) electrons. The fourth-order valence-electron chi connectivity index (χ4n) is 3.01. The zero-order valence-electron chi connectivity index (χ0n) is 13.6. The van der Waals surface area contributed by atoms with Crippen molar-refractivity contribution in [3.63, 3.8) is 0 Å². The summed E-state index contributed by atoms with van der Waals surface area (Å²) in [6.07, 6.45) is 0. The van der Waals surface area contributed by atoms with Gasteiger partial charge in [0.05, 0.1) is 5.69 Å². The summed E-state index contributed by atoms with van der Waals surface area (Å²) in [6, 6.07) is 16.0. The molecule has 3 heteroatoms. The molecule has 3 rings (SSSR count). The van der Waals surface area contributed by atoms with Gasteiger partial charge < -0.3 is 10.2 Å². The van der Waals surface area contributed by atoms with Crippen molar-refractivity contribution in [3.05, 3.63) is 53.6 Å². The quantitative estimate of drug-likeness (QED) is 0.912. The molecule has 0 aromatic heterocycles. The number of aryl methyl sites for hydroxylation is 2. The Kier molecular flexibility index (Phi) is 4.74. The highest BCUT2D eigenvalue weighted by Crippen LogP contribution is 2.37. The summed E-state index contributed by atoms with van der Waals surface area (Å²) < 4.78 is 0. The third-order valence-corrected chi connectivity index (χ3v) is 5.47. The first-order valence-electron chi connectivity index (χ1n) is 7.96. The van der Waals surface area contributed by atoms with Gasteiger partial charge in [-0.3, -0.25) is 0 Å². The molecule has 2 aromatic carbocycles. The van der Waals surface area contributed by atoms with E-state index in [2.05, 4.69) is 73.5 Å². The van der Waals surface area contributed by atoms with Gasteiger partial charge in [-0.05, 0) is 44.5 Å². The number of para-hydroxylation sites is 1. The second-order valence-electron chi connectivity index (χ2n) is 6.09. The van der Waals surface area contributed by atoms with Crippen LogP contribution in [0.15, 0.2) is 52.3 Å². The fourth-order valence-corrected chi connectivity index (χ4v) is 4.04. The maximum atomic E-state index is 3.47. The first-order valence-corrected chi connectivity index (χ1v) is 8.78. The van der Waals surface area contributed by atoms with Crippen LogP contribution >= 0.6 is 11.8 Å². The van der Waals surface area contributed by atoms with E-state index in [4.69, 9.17) is 0 Å². The average molecular weight is 312 g/mol. The lowest BCUT2D eigenvalue weighted by Gasteiger charge is -2.37. The second kappa shape index (κ2) is 6.76. The minimum Gasteiger partial charge on any atom is -0.365 e. The highest BCUT2D eigenvalue weighted by Gasteiger charge is 2.20. The molecule has 1 aliphatic rings. The van der Waals surface area contributed by atoms with Crippen LogP contribution in [0.1, 0.15) is 18.1 Å². The summed E-state index contributed by atoms with van der Waals surface area (Å²) >= 11 is 1.88. The molecule has 1 atom stereocenters. The number of piperazine rings is 1. The summed E-state index contributed by atoms with van der Waals surface area (Å²) in [5.74, 6) is 0. The van der Waals surface area contributed by atoms with Crippen LogP contribution in [0, 0.1) is 13.8 Å². The largest absolute Gasteiger partial charge is 0.365 e. The van der Waals surface area contributed by atoms with Crippen molar-refractivity contribution < 1.29 is 0 Å². The van der Waals surface area contributed by atoms with E-state index in [1.54, 1.807) is 0 Å². The Hall–Kier alpha value is -1.45. The maximum Gasteiger partial charge on any atom is 0.0511 e. The molecule has 0 amide bonds. The average Bonchev–Trinajstić information content (AvgIpc) is 2.51. The normalized spacial score (nSPS) is 18.5. The molecule has 116 valence electrons. The zero-order valence-corrected chi connectivity index (χ0v) is 14.4. The summed E-state index contributed by atoms with van der Waals surface area (Å²) in [5.41, 5.74) is 4.04. The lowest BCUT2D eigenvalue weighted by Crippen LogP contribution is -2.50. The molecule has 1 heterocycles. The van der Waals surface area contributed by atoms with Gasteiger partial charge in [0.15, 0.2) is 0 Å². The molecule has 0 spiro atoms. The van der Waals surface area contributed by atoms with E-state index in [9.17, 15) is 0 Å². The van der Waals surface area contributed by atoms with Crippen LogP contribution in [0.3, 0.4) is 0 Å². The van der Waals surface area contributed by atoms with E-state index in [1.807, 2.05) is 11.8 Å². The Morgan fingerprint density at radius 2 is 1.91 bits per heavy atom. The molecule has 1 fully saturated rings. The Balaban J connectivity index is 1.91. The molecule has 0 aliphatic carbocycles. The van der Waals surface area contributed by atoms with Crippen LogP contribution in [0.2, 0.25) is 0 Å². The van der Waals surface area contributed by atoms with Crippen LogP contribution < -0.4 is 10.2 Å². The third-order valence-electron chi connectivity index (χ3n) is 4.23. The predicted octanol–water partition coefficient (Wildman–Crippen LogP) is 4.25. The smallest absolute Gasteiger partial charge is 0.0511 e. The van der Waals surface area contributed by atoms with Crippen molar-refractivity contribution >= 4 is 17.4 Å². The zero-order chi connectivity index (χ0) is 15.5. The van der Waals surface area contributed by atoms with Gasteiger partial charge in [0.1, 0.15) is 0 Å². The van der Waals surface area contributed by atoms with E-state index >= 15 is 0 Å². The molecular weight excluding hydrogens is 288 g/mol. The van der Waals surface area contributed by atoms with E-state index in [0.717, 1.165) is 19.6 Å². The molecule has 0 saturated carbocycles. The van der Waals surface area contributed by atoms with Gasteiger partial charge in [-0.1, -0.05) is 41.6 Å². The van der Waals surface area contributed by atoms with Gasteiger partial charge in [0.2, 0.25) is 0 Å². The van der Waals surface area contributed by atoms with E-state index < -0.39 is 0 Å². The van der Waals surface area contributed by atoms with Crippen molar-refractivity contribution in [2.75, 3.05) is 24.5 Å². The molecule has 2 aromatic rings. The molecule has 1 saturated heterocycles. The summed E-state index contributed by atoms with van der Waals surface area (Å²) in [5, 5.41) is 3.47. The molecular formula is C19H24N2S. The van der Waals surface area contributed by atoms with Gasteiger partial charge in [-0.25, -0.2) is 0 Å². The molecule has 22 heavy (non-hydrogen) atoms. The molecule has 1 unspecified atom stereocenters. The highest BCUT2D eigenvalue weighted by molar-refractivity contribution is 7.99. The van der Waals surface area contributed by atoms with Crippen LogP contribution in [0.25, 0.3) is 0 Å². The van der Waals surface area contributed by atoms with Gasteiger partial charge in [0.25, 0.3) is 0 Å². The summed E-state index contributed by atoms with van der Waals surface area (Å²) in [6.45, 7) is 9.84. The fraction of sp³-hybridized carbons (Fsp3) is 0.368. The SMILES string of the molecule is Cc1ccc(Sc2ccccc2N2CCNCC2C)c(C)c1. The lowest BCUT2D eigenvalue weighted by molar-refractivity contribution is 0.499. The van der Waals surface area contributed by atoms with Gasteiger partial charge in [0, 0.05) is 35.5 Å². The molecule has 1 aliphatic heterocycles. The Morgan fingerprint density at radius 1 is 1.09 bits per heavy atom. The first-order chi connectivity index (χ1) is 10.6. The molecule has 0 bridgehead atoms. The van der Waals surface area contributed by atoms with Crippen molar-refractivity contribution in [2.24, 2.45) is 0 Å². The van der Waals surface area contributed by atoms with Gasteiger partial charge >= 0.3 is 0 Å². The minimum atomic E-state index is 0.537. The maximum absolute atomic E-state index is 3.47. The van der Waals surface area contributed by atoms with Crippen molar-refractivity contribution in [3.8, 4) is 0 Å². The van der Waals surface area contributed by atoms with E-state index in [1.165, 1.54) is 26.6 Å². The van der Waals surface area contributed by atoms with Crippen LogP contribution in [-0.2, 0) is 0 Å². The van der Waals surface area contributed by atoms with Crippen molar-refractivity contribution in [1.29, 1.82) is 0 Å². The Morgan fingerprint density at radius 3 is 2.68 bits per heavy atom. The number of anilines is 1. The Bertz CT molecular complexity index is 654. The number of hydrogen-bond acceptors (Lipinski definition) is 3. The standard InChI is InChI=1S/C19H24N2S/c1-14-8-9-18(15(2)12-14)22-19-7-5-4-6-17(19)21-11-10-20-13-16(21)3/h4-9,12,16,20H,10-11,13H2,1-3H3. The molecule has 1 N–H and O–H groups in total. The monoisotopic (exact) mass is 312 g/mol. The number of hydrogen-bond donors (Lipinski definition) is 1. The summed E-state index contributed by atoms with van der Waals surface area (Å²) in [7, 11) is 0. The van der Waals surface area contributed by atoms with Crippen LogP contribution in [0.5, 0.6) is 0 Å². The predicted molar refractivity (Wildman–Crippen MR) is 96.2 cm³/mol. The highest BCUT2D eigenvalue weighted by atomic mass is 32.2. The van der Waals surface area contributed by atoms with Crippen molar-refractivity contribution in [1.82, 2.24) is 5.32 Å². The topological polar surface area (TPSA) is 15.3 Å².